The fourth-order valence-corrected chi connectivity index (χ4v) is 8.68. The summed E-state index contributed by atoms with van der Waals surface area (Å²) in [5, 5.41) is 28.2. The number of aryl methyl sites for hydroxylation is 1. The Balaban J connectivity index is 1.13. The van der Waals surface area contributed by atoms with Gasteiger partial charge in [0.25, 0.3) is 0 Å². The number of ether oxygens (including phenoxy) is 2. The van der Waals surface area contributed by atoms with Crippen molar-refractivity contribution in [3.8, 4) is 0 Å². The molecule has 0 amide bonds. The lowest BCUT2D eigenvalue weighted by Gasteiger charge is -2.62. The van der Waals surface area contributed by atoms with Gasteiger partial charge in [-0.2, -0.15) is 0 Å². The zero-order chi connectivity index (χ0) is 34.1. The first-order valence-corrected chi connectivity index (χ1v) is 16.0. The number of fused-ring (bicyclic) bond motifs is 5. The van der Waals surface area contributed by atoms with E-state index in [1.165, 1.54) is 18.2 Å². The molecule has 0 heterocycles. The molecule has 47 heavy (non-hydrogen) atoms. The van der Waals surface area contributed by atoms with Gasteiger partial charge in [0.2, 0.25) is 0 Å². The predicted molar refractivity (Wildman–Crippen MR) is 162 cm³/mol. The van der Waals surface area contributed by atoms with Crippen molar-refractivity contribution in [3.63, 3.8) is 0 Å². The van der Waals surface area contributed by atoms with Gasteiger partial charge in [-0.3, -0.25) is 29.6 Å². The van der Waals surface area contributed by atoms with E-state index in [4.69, 9.17) is 25.6 Å². The zero-order valence-corrected chi connectivity index (χ0v) is 26.6. The van der Waals surface area contributed by atoms with Crippen molar-refractivity contribution in [3.05, 3.63) is 59.2 Å². The van der Waals surface area contributed by atoms with Crippen molar-refractivity contribution in [1.82, 2.24) is 5.39 Å². The summed E-state index contributed by atoms with van der Waals surface area (Å²) in [4.78, 5) is 55.2. The highest BCUT2D eigenvalue weighted by molar-refractivity contribution is 6.01. The minimum absolute atomic E-state index is 0.0441. The number of nitrogens with zero attached hydrogens (tertiary/aromatic N) is 1. The van der Waals surface area contributed by atoms with E-state index >= 15 is 4.39 Å². The number of ketones is 2. The van der Waals surface area contributed by atoms with E-state index in [0.717, 1.165) is 5.56 Å². The topological polar surface area (TPSA) is 186 Å². The number of carbonyl (C=O) groups excluding carboxylic acids is 4. The predicted octanol–water partition coefficient (Wildman–Crippen LogP) is 3.21. The van der Waals surface area contributed by atoms with Gasteiger partial charge in [0.15, 0.2) is 17.2 Å². The van der Waals surface area contributed by atoms with Crippen LogP contribution in [0, 0.1) is 28.6 Å². The Morgan fingerprint density at radius 2 is 1.89 bits per heavy atom. The number of hydrogen-bond donors (Lipinski definition) is 4. The summed E-state index contributed by atoms with van der Waals surface area (Å²) in [7, 11) is 0. The van der Waals surface area contributed by atoms with Gasteiger partial charge >= 0.3 is 11.9 Å². The van der Waals surface area contributed by atoms with Gasteiger partial charge in [-0.25, -0.2) is 9.18 Å². The molecule has 0 aromatic heterocycles. The molecule has 256 valence electrons. The number of carbonyl (C=O) groups is 4. The second kappa shape index (κ2) is 13.7. The molecule has 4 aliphatic carbocycles. The first kappa shape index (κ1) is 35.0. The number of aliphatic hydroxyl groups is 1. The second-order valence-corrected chi connectivity index (χ2v) is 13.7. The monoisotopic (exact) mass is 658 g/mol. The van der Waals surface area contributed by atoms with Crippen molar-refractivity contribution in [2.75, 3.05) is 19.8 Å². The third-order valence-corrected chi connectivity index (χ3v) is 11.1. The van der Waals surface area contributed by atoms with Crippen LogP contribution < -0.4 is 5.73 Å². The summed E-state index contributed by atoms with van der Waals surface area (Å²) < 4.78 is 27.6. The van der Waals surface area contributed by atoms with Crippen LogP contribution in [0.15, 0.2) is 48.1 Å². The lowest BCUT2D eigenvalue weighted by atomic mass is 9.45. The van der Waals surface area contributed by atoms with Crippen molar-refractivity contribution in [2.24, 2.45) is 34.3 Å². The van der Waals surface area contributed by atoms with Crippen molar-refractivity contribution < 1.29 is 53.4 Å². The van der Waals surface area contributed by atoms with Crippen LogP contribution in [0.1, 0.15) is 68.3 Å². The Labute approximate surface area is 272 Å². The quantitative estimate of drug-likeness (QED) is 0.146. The molecule has 5 rings (SSSR count). The molecule has 3 fully saturated rings. The highest BCUT2D eigenvalue weighted by Gasteiger charge is 2.70. The SMILES string of the molecule is C[C@]12C[C@H](O)C3(F)[C@@H](CCC4=CC(=O)C=C[C@@]43C)C1CCC2C(=O)COC(=O)C(N)COC(=O)c1cccc(CCCON(O)O)c1. The van der Waals surface area contributed by atoms with Gasteiger partial charge in [-0.15, -0.1) is 0 Å². The van der Waals surface area contributed by atoms with Crippen molar-refractivity contribution in [1.29, 1.82) is 0 Å². The molecule has 1 aromatic carbocycles. The summed E-state index contributed by atoms with van der Waals surface area (Å²) in [6.45, 7) is 2.69. The molecule has 8 atom stereocenters. The molecule has 0 spiro atoms. The Morgan fingerprint density at radius 1 is 1.13 bits per heavy atom. The number of halogens is 1. The van der Waals surface area contributed by atoms with Crippen molar-refractivity contribution >= 4 is 23.5 Å². The molecule has 0 radical (unpaired) electrons. The third-order valence-electron chi connectivity index (χ3n) is 11.1. The fourth-order valence-electron chi connectivity index (χ4n) is 8.68. The first-order chi connectivity index (χ1) is 22.2. The maximum absolute atomic E-state index is 17.2. The standard InChI is InChI=1S/C34H43FN2O10/c1-32-17-29(40)34(35)25(9-8-22-16-23(38)12-13-33(22,34)2)24(32)10-11-26(32)28(39)19-46-31(42)27(36)18-45-30(41)21-7-3-5-20(15-21)6-4-14-47-37(43)44/h3,5,7,12-13,15-16,24-27,29,40,43-44H,4,6,8-11,14,17-19,36H2,1-2H3/t24?,25-,26?,27?,29-,32-,33-,34?/m0/s1. The molecular formula is C34H43FN2O10. The number of nitrogens with two attached hydrogens (primary N) is 1. The molecule has 4 aliphatic rings. The highest BCUT2D eigenvalue weighted by Crippen LogP contribution is 2.68. The van der Waals surface area contributed by atoms with E-state index in [-0.39, 0.29) is 41.5 Å². The molecule has 0 bridgehead atoms. The highest BCUT2D eigenvalue weighted by atomic mass is 19.1. The number of aliphatic hydroxyl groups excluding tert-OH is 1. The van der Waals surface area contributed by atoms with Gasteiger partial charge in [0, 0.05) is 17.3 Å². The lowest BCUT2D eigenvalue weighted by molar-refractivity contribution is -0.492. The summed E-state index contributed by atoms with van der Waals surface area (Å²) in [5.74, 6) is -3.36. The Kier molecular flexibility index (Phi) is 10.2. The van der Waals surface area contributed by atoms with Crippen molar-refractivity contribution in [2.45, 2.75) is 76.6 Å². The van der Waals surface area contributed by atoms with E-state index < -0.39 is 65.6 Å². The number of alkyl halides is 1. The van der Waals surface area contributed by atoms with Crippen LogP contribution in [0.3, 0.4) is 0 Å². The first-order valence-electron chi connectivity index (χ1n) is 16.0. The molecule has 5 N–H and O–H groups in total. The summed E-state index contributed by atoms with van der Waals surface area (Å²) in [6.07, 6.45) is 6.18. The fraction of sp³-hybridized carbons (Fsp3) is 0.588. The van der Waals surface area contributed by atoms with Gasteiger partial charge in [0.1, 0.15) is 19.3 Å². The number of esters is 2. The minimum Gasteiger partial charge on any atom is -0.460 e. The molecule has 13 heteroatoms. The maximum Gasteiger partial charge on any atom is 0.338 e. The van der Waals surface area contributed by atoms with E-state index in [1.54, 1.807) is 31.2 Å². The number of allylic oxidation sites excluding steroid dienone is 4. The molecular weight excluding hydrogens is 615 g/mol. The van der Waals surface area contributed by atoms with Crippen LogP contribution >= 0.6 is 0 Å². The molecule has 4 unspecified atom stereocenters. The Bertz CT molecular complexity index is 1460. The number of benzene rings is 1. The van der Waals surface area contributed by atoms with Crippen LogP contribution in [0.5, 0.6) is 0 Å². The largest absolute Gasteiger partial charge is 0.460 e. The molecule has 1 aromatic rings. The second-order valence-electron chi connectivity index (χ2n) is 13.7. The average molecular weight is 659 g/mol. The van der Waals surface area contributed by atoms with Gasteiger partial charge in [-0.1, -0.05) is 30.7 Å². The van der Waals surface area contributed by atoms with Gasteiger partial charge < -0.3 is 20.3 Å². The van der Waals surface area contributed by atoms with Crippen LogP contribution in [0.25, 0.3) is 0 Å². The van der Waals surface area contributed by atoms with Gasteiger partial charge in [-0.05, 0) is 93.1 Å². The number of rotatable bonds is 12. The molecule has 3 saturated carbocycles. The van der Waals surface area contributed by atoms with E-state index in [2.05, 4.69) is 4.84 Å². The Hall–Kier alpha value is -3.33. The Morgan fingerprint density at radius 3 is 2.64 bits per heavy atom. The van der Waals surface area contributed by atoms with Gasteiger partial charge in [0.05, 0.1) is 23.7 Å². The van der Waals surface area contributed by atoms with E-state index in [1.807, 2.05) is 6.92 Å². The van der Waals surface area contributed by atoms with Crippen LogP contribution in [0.2, 0.25) is 0 Å². The summed E-state index contributed by atoms with van der Waals surface area (Å²) in [6, 6.07) is 5.24. The third kappa shape index (κ3) is 6.57. The minimum atomic E-state index is -1.98. The molecule has 0 saturated heterocycles. The maximum atomic E-state index is 17.2. The van der Waals surface area contributed by atoms with Crippen LogP contribution in [-0.4, -0.2) is 82.1 Å². The number of hydrogen-bond acceptors (Lipinski definition) is 12. The smallest absolute Gasteiger partial charge is 0.338 e. The average Bonchev–Trinajstić information content (AvgIpc) is 3.37. The lowest BCUT2D eigenvalue weighted by Crippen LogP contribution is -2.66. The van der Waals surface area contributed by atoms with E-state index in [9.17, 15) is 24.3 Å². The molecule has 12 nitrogen and oxygen atoms in total. The number of Topliss-reactive ketones (excluding diaryl/α,β-unsaturated/α-hetero) is 1. The van der Waals surface area contributed by atoms with E-state index in [0.29, 0.717) is 44.1 Å². The molecule has 0 aliphatic heterocycles. The normalized spacial score (nSPS) is 33.4. The zero-order valence-electron chi connectivity index (χ0n) is 26.6. The summed E-state index contributed by atoms with van der Waals surface area (Å²) in [5.41, 5.74) is 3.82. The summed E-state index contributed by atoms with van der Waals surface area (Å²) >= 11 is 0. The van der Waals surface area contributed by atoms with Crippen LogP contribution in [-0.2, 0) is 35.1 Å². The van der Waals surface area contributed by atoms with Crippen LogP contribution in [0.4, 0.5) is 4.39 Å².